The zero-order valence-electron chi connectivity index (χ0n) is 9.56. The Morgan fingerprint density at radius 3 is 2.62 bits per heavy atom. The molecule has 90 valence electrons. The number of hydrogen-bond donors (Lipinski definition) is 1. The SMILES string of the molecule is Cc1cc(C)c(C(N)C2CCS(=O)(=O)C2)s1. The van der Waals surface area contributed by atoms with Crippen molar-refractivity contribution in [2.24, 2.45) is 11.7 Å². The molecule has 2 rings (SSSR count). The third kappa shape index (κ3) is 2.31. The van der Waals surface area contributed by atoms with Crippen LogP contribution >= 0.6 is 11.3 Å². The summed E-state index contributed by atoms with van der Waals surface area (Å²) < 4.78 is 22.8. The molecule has 2 unspecified atom stereocenters. The van der Waals surface area contributed by atoms with E-state index in [4.69, 9.17) is 5.73 Å². The molecule has 1 saturated heterocycles. The van der Waals surface area contributed by atoms with Crippen LogP contribution < -0.4 is 5.73 Å². The molecule has 2 N–H and O–H groups in total. The van der Waals surface area contributed by atoms with Crippen LogP contribution in [0.2, 0.25) is 0 Å². The summed E-state index contributed by atoms with van der Waals surface area (Å²) in [5, 5.41) is 0. The van der Waals surface area contributed by atoms with Gasteiger partial charge in [0.15, 0.2) is 9.84 Å². The molecule has 2 heterocycles. The van der Waals surface area contributed by atoms with Gasteiger partial charge in [0, 0.05) is 15.8 Å². The van der Waals surface area contributed by atoms with Crippen molar-refractivity contribution in [3.63, 3.8) is 0 Å². The molecule has 0 bridgehead atoms. The fourth-order valence-corrected chi connectivity index (χ4v) is 5.30. The van der Waals surface area contributed by atoms with Crippen LogP contribution in [0.4, 0.5) is 0 Å². The van der Waals surface area contributed by atoms with Gasteiger partial charge in [-0.05, 0) is 37.8 Å². The van der Waals surface area contributed by atoms with Gasteiger partial charge in [0.1, 0.15) is 0 Å². The second-order valence-corrected chi connectivity index (χ2v) is 8.11. The van der Waals surface area contributed by atoms with Crippen molar-refractivity contribution < 1.29 is 8.42 Å². The first-order valence-electron chi connectivity index (χ1n) is 5.42. The summed E-state index contributed by atoms with van der Waals surface area (Å²) in [5.41, 5.74) is 7.38. The van der Waals surface area contributed by atoms with E-state index in [1.807, 2.05) is 6.92 Å². The first-order valence-corrected chi connectivity index (χ1v) is 8.06. The lowest BCUT2D eigenvalue weighted by atomic mass is 9.97. The molecular formula is C11H17NO2S2. The number of thiophene rings is 1. The Balaban J connectivity index is 2.20. The second-order valence-electron chi connectivity index (χ2n) is 4.59. The van der Waals surface area contributed by atoms with Crippen LogP contribution in [-0.4, -0.2) is 19.9 Å². The molecule has 5 heteroatoms. The van der Waals surface area contributed by atoms with Gasteiger partial charge in [-0.25, -0.2) is 8.42 Å². The van der Waals surface area contributed by atoms with E-state index in [1.165, 1.54) is 10.4 Å². The van der Waals surface area contributed by atoms with E-state index < -0.39 is 9.84 Å². The minimum Gasteiger partial charge on any atom is -0.323 e. The topological polar surface area (TPSA) is 60.2 Å². The summed E-state index contributed by atoms with van der Waals surface area (Å²) in [5.74, 6) is 0.654. The normalized spacial score (nSPS) is 25.8. The summed E-state index contributed by atoms with van der Waals surface area (Å²) in [6.45, 7) is 4.10. The fraction of sp³-hybridized carbons (Fsp3) is 0.636. The first-order chi connectivity index (χ1) is 7.39. The Bertz CT molecular complexity index is 490. The van der Waals surface area contributed by atoms with E-state index in [0.717, 1.165) is 4.88 Å². The van der Waals surface area contributed by atoms with Crippen LogP contribution in [0.5, 0.6) is 0 Å². The van der Waals surface area contributed by atoms with Gasteiger partial charge in [-0.15, -0.1) is 11.3 Å². The zero-order chi connectivity index (χ0) is 11.9. The minimum atomic E-state index is -2.83. The highest BCUT2D eigenvalue weighted by atomic mass is 32.2. The number of sulfone groups is 1. The molecule has 1 aromatic heterocycles. The Morgan fingerprint density at radius 2 is 2.19 bits per heavy atom. The van der Waals surface area contributed by atoms with Crippen molar-refractivity contribution in [1.82, 2.24) is 0 Å². The van der Waals surface area contributed by atoms with Crippen LogP contribution in [-0.2, 0) is 9.84 Å². The molecule has 1 aliphatic heterocycles. The van der Waals surface area contributed by atoms with Gasteiger partial charge in [0.05, 0.1) is 11.5 Å². The highest BCUT2D eigenvalue weighted by Gasteiger charge is 2.33. The lowest BCUT2D eigenvalue weighted by Crippen LogP contribution is -2.22. The Morgan fingerprint density at radius 1 is 1.50 bits per heavy atom. The van der Waals surface area contributed by atoms with Crippen LogP contribution in [0.3, 0.4) is 0 Å². The van der Waals surface area contributed by atoms with E-state index in [9.17, 15) is 8.42 Å². The maximum Gasteiger partial charge on any atom is 0.150 e. The zero-order valence-corrected chi connectivity index (χ0v) is 11.2. The number of rotatable bonds is 2. The molecule has 1 aliphatic rings. The van der Waals surface area contributed by atoms with Crippen molar-refractivity contribution in [1.29, 1.82) is 0 Å². The lowest BCUT2D eigenvalue weighted by Gasteiger charge is -2.17. The average molecular weight is 259 g/mol. The Kier molecular flexibility index (Phi) is 3.11. The maximum absolute atomic E-state index is 11.4. The molecule has 0 aliphatic carbocycles. The van der Waals surface area contributed by atoms with Gasteiger partial charge in [0.25, 0.3) is 0 Å². The van der Waals surface area contributed by atoms with Crippen LogP contribution in [0.15, 0.2) is 6.07 Å². The molecule has 1 fully saturated rings. The monoisotopic (exact) mass is 259 g/mol. The van der Waals surface area contributed by atoms with Gasteiger partial charge >= 0.3 is 0 Å². The Labute approximate surface area is 101 Å². The largest absolute Gasteiger partial charge is 0.323 e. The van der Waals surface area contributed by atoms with Crippen molar-refractivity contribution >= 4 is 21.2 Å². The molecule has 1 aromatic rings. The highest BCUT2D eigenvalue weighted by molar-refractivity contribution is 7.91. The average Bonchev–Trinajstić information content (AvgIpc) is 2.68. The van der Waals surface area contributed by atoms with E-state index in [2.05, 4.69) is 13.0 Å². The second kappa shape index (κ2) is 4.13. The summed E-state index contributed by atoms with van der Waals surface area (Å²) in [4.78, 5) is 2.39. The highest BCUT2D eigenvalue weighted by Crippen LogP contribution is 2.35. The molecule has 0 aromatic carbocycles. The van der Waals surface area contributed by atoms with Gasteiger partial charge in [0.2, 0.25) is 0 Å². The molecule has 3 nitrogen and oxygen atoms in total. The lowest BCUT2D eigenvalue weighted by molar-refractivity contribution is 0.484. The third-order valence-corrected chi connectivity index (χ3v) is 6.21. The molecule has 16 heavy (non-hydrogen) atoms. The van der Waals surface area contributed by atoms with Crippen LogP contribution in [0.25, 0.3) is 0 Å². The first kappa shape index (κ1) is 12.1. The number of nitrogens with two attached hydrogens (primary N) is 1. The molecule has 0 radical (unpaired) electrons. The summed E-state index contributed by atoms with van der Waals surface area (Å²) >= 11 is 1.69. The summed E-state index contributed by atoms with van der Waals surface area (Å²) in [6.07, 6.45) is 0.708. The Hall–Kier alpha value is -0.390. The predicted octanol–water partition coefficient (Wildman–Crippen LogP) is 1.80. The van der Waals surface area contributed by atoms with Crippen molar-refractivity contribution in [3.8, 4) is 0 Å². The quantitative estimate of drug-likeness (QED) is 0.881. The smallest absolute Gasteiger partial charge is 0.150 e. The molecule has 0 amide bonds. The minimum absolute atomic E-state index is 0.0988. The van der Waals surface area contributed by atoms with E-state index >= 15 is 0 Å². The van der Waals surface area contributed by atoms with E-state index in [0.29, 0.717) is 12.2 Å². The molecule has 0 saturated carbocycles. The molecule has 2 atom stereocenters. The fourth-order valence-electron chi connectivity index (χ4n) is 2.31. The van der Waals surface area contributed by atoms with E-state index in [-0.39, 0.29) is 17.7 Å². The standard InChI is InChI=1S/C11H17NO2S2/c1-7-5-8(2)15-11(7)10(12)9-3-4-16(13,14)6-9/h5,9-10H,3-4,6,12H2,1-2H3. The van der Waals surface area contributed by atoms with E-state index in [1.54, 1.807) is 11.3 Å². The van der Waals surface area contributed by atoms with Crippen LogP contribution in [0, 0.1) is 19.8 Å². The van der Waals surface area contributed by atoms with Gasteiger partial charge in [-0.2, -0.15) is 0 Å². The number of aryl methyl sites for hydroxylation is 2. The number of hydrogen-bond acceptors (Lipinski definition) is 4. The van der Waals surface area contributed by atoms with Gasteiger partial charge < -0.3 is 5.73 Å². The predicted molar refractivity (Wildman–Crippen MR) is 67.5 cm³/mol. The molecule has 0 spiro atoms. The van der Waals surface area contributed by atoms with Crippen molar-refractivity contribution in [2.45, 2.75) is 26.3 Å². The maximum atomic E-state index is 11.4. The van der Waals surface area contributed by atoms with Crippen molar-refractivity contribution in [2.75, 3.05) is 11.5 Å². The van der Waals surface area contributed by atoms with Gasteiger partial charge in [-0.1, -0.05) is 0 Å². The third-order valence-electron chi connectivity index (χ3n) is 3.16. The molecular weight excluding hydrogens is 242 g/mol. The summed E-state index contributed by atoms with van der Waals surface area (Å²) in [6, 6.07) is 2.00. The van der Waals surface area contributed by atoms with Gasteiger partial charge in [-0.3, -0.25) is 0 Å². The van der Waals surface area contributed by atoms with Crippen molar-refractivity contribution in [3.05, 3.63) is 21.4 Å². The van der Waals surface area contributed by atoms with Crippen LogP contribution in [0.1, 0.15) is 27.8 Å². The summed E-state index contributed by atoms with van der Waals surface area (Å²) in [7, 11) is -2.83.